The third-order valence-corrected chi connectivity index (χ3v) is 12.8. The Hall–Kier alpha value is -1.36. The van der Waals surface area contributed by atoms with E-state index in [2.05, 4.69) is 105 Å². The third kappa shape index (κ3) is 3.10. The van der Waals surface area contributed by atoms with Crippen LogP contribution in [0.25, 0.3) is 0 Å². The summed E-state index contributed by atoms with van der Waals surface area (Å²) in [5.41, 5.74) is 0. The molecule has 0 N–H and O–H groups in total. The zero-order valence-electron chi connectivity index (χ0n) is 13.3. The van der Waals surface area contributed by atoms with E-state index >= 15 is 0 Å². The fraction of sp³-hybridized carbons (Fsp3) is 0.100. The summed E-state index contributed by atoms with van der Waals surface area (Å²) in [4.78, 5) is 0. The minimum absolute atomic E-state index is 0.163. The molecular formula is C20H18Br2OSi. The maximum Gasteiger partial charge on any atom is 0.173 e. The maximum absolute atomic E-state index is 5.35. The molecule has 3 aromatic carbocycles. The van der Waals surface area contributed by atoms with Crippen molar-refractivity contribution >= 4 is 55.5 Å². The van der Waals surface area contributed by atoms with Crippen LogP contribution in [0.1, 0.15) is 0 Å². The zero-order valence-corrected chi connectivity index (χ0v) is 17.5. The Bertz CT molecular complexity index is 734. The molecule has 0 saturated heterocycles. The van der Waals surface area contributed by atoms with E-state index in [1.165, 1.54) is 15.6 Å². The van der Waals surface area contributed by atoms with E-state index in [1.54, 1.807) is 7.11 Å². The van der Waals surface area contributed by atoms with Gasteiger partial charge in [-0.25, -0.2) is 0 Å². The van der Waals surface area contributed by atoms with Crippen LogP contribution in [0.3, 0.4) is 0 Å². The predicted octanol–water partition coefficient (Wildman–Crippen LogP) is 3.82. The van der Waals surface area contributed by atoms with E-state index in [1.807, 2.05) is 12.1 Å². The SMILES string of the molecule is COc1ccc([Si](c2ccccc2)(c2ccccc2)C(Br)Br)cc1. The highest BCUT2D eigenvalue weighted by molar-refractivity contribution is 9.25. The molecule has 4 heteroatoms. The van der Waals surface area contributed by atoms with Gasteiger partial charge in [0.15, 0.2) is 8.07 Å². The highest BCUT2D eigenvalue weighted by Gasteiger charge is 2.44. The third-order valence-electron chi connectivity index (χ3n) is 4.33. The molecule has 24 heavy (non-hydrogen) atoms. The normalized spacial score (nSPS) is 11.5. The molecule has 1 nitrogen and oxygen atoms in total. The van der Waals surface area contributed by atoms with Gasteiger partial charge in [0, 0.05) is 0 Å². The molecule has 0 saturated carbocycles. The number of benzene rings is 3. The highest BCUT2D eigenvalue weighted by Crippen LogP contribution is 2.24. The molecule has 0 aliphatic heterocycles. The molecule has 0 fully saturated rings. The summed E-state index contributed by atoms with van der Waals surface area (Å²) in [7, 11) is -0.559. The Morgan fingerprint density at radius 3 is 1.46 bits per heavy atom. The molecule has 122 valence electrons. The van der Waals surface area contributed by atoms with Crippen molar-refractivity contribution in [3.8, 4) is 5.75 Å². The van der Waals surface area contributed by atoms with Crippen LogP contribution in [-0.2, 0) is 0 Å². The lowest BCUT2D eigenvalue weighted by atomic mass is 10.3. The fourth-order valence-corrected chi connectivity index (χ4v) is 11.8. The molecule has 0 aliphatic carbocycles. The van der Waals surface area contributed by atoms with Crippen molar-refractivity contribution < 1.29 is 4.74 Å². The van der Waals surface area contributed by atoms with E-state index in [0.717, 1.165) is 5.75 Å². The molecule has 0 radical (unpaired) electrons. The van der Waals surface area contributed by atoms with Crippen LogP contribution in [0.2, 0.25) is 0 Å². The fourth-order valence-electron chi connectivity index (χ4n) is 3.13. The average Bonchev–Trinajstić information content (AvgIpc) is 2.64. The Kier molecular flexibility index (Phi) is 5.59. The number of hydrogen-bond acceptors (Lipinski definition) is 1. The summed E-state index contributed by atoms with van der Waals surface area (Å²) >= 11 is 7.78. The molecule has 0 unspecified atom stereocenters. The molecule has 0 amide bonds. The molecule has 0 aromatic heterocycles. The Labute approximate surface area is 161 Å². The van der Waals surface area contributed by atoms with Gasteiger partial charge in [0.1, 0.15) is 5.75 Å². The molecule has 0 bridgehead atoms. The van der Waals surface area contributed by atoms with Gasteiger partial charge in [-0.3, -0.25) is 0 Å². The van der Waals surface area contributed by atoms with Crippen molar-refractivity contribution in [2.24, 2.45) is 0 Å². The van der Waals surface area contributed by atoms with Crippen LogP contribution in [0, 0.1) is 0 Å². The van der Waals surface area contributed by atoms with Crippen molar-refractivity contribution in [3.05, 3.63) is 84.9 Å². The van der Waals surface area contributed by atoms with E-state index in [-0.39, 0.29) is 3.36 Å². The number of methoxy groups -OCH3 is 1. The molecule has 0 heterocycles. The molecule has 3 aromatic rings. The molecule has 0 aliphatic rings. The van der Waals surface area contributed by atoms with Gasteiger partial charge < -0.3 is 4.74 Å². The van der Waals surface area contributed by atoms with Crippen LogP contribution in [0.4, 0.5) is 0 Å². The largest absolute Gasteiger partial charge is 0.497 e. The van der Waals surface area contributed by atoms with Gasteiger partial charge in [0.25, 0.3) is 0 Å². The summed E-state index contributed by atoms with van der Waals surface area (Å²) in [5.74, 6) is 0.878. The summed E-state index contributed by atoms with van der Waals surface area (Å²) in [6, 6.07) is 30.0. The van der Waals surface area contributed by atoms with Gasteiger partial charge in [-0.05, 0) is 27.7 Å². The Morgan fingerprint density at radius 2 is 1.08 bits per heavy atom. The smallest absolute Gasteiger partial charge is 0.173 e. The summed E-state index contributed by atoms with van der Waals surface area (Å²) in [5, 5.41) is 4.06. The number of alkyl halides is 2. The van der Waals surface area contributed by atoms with Crippen molar-refractivity contribution in [1.82, 2.24) is 0 Å². The molecule has 3 rings (SSSR count). The van der Waals surface area contributed by atoms with Crippen LogP contribution in [-0.4, -0.2) is 18.5 Å². The molecular weight excluding hydrogens is 444 g/mol. The van der Waals surface area contributed by atoms with Gasteiger partial charge >= 0.3 is 0 Å². The first-order valence-electron chi connectivity index (χ1n) is 7.73. The van der Waals surface area contributed by atoms with Crippen LogP contribution >= 0.6 is 31.9 Å². The second kappa shape index (κ2) is 7.68. The second-order valence-electron chi connectivity index (χ2n) is 5.57. The standard InChI is InChI=1S/C20H18Br2OSi/c1-23-16-12-14-19(15-13-16)24(20(21)22,17-8-4-2-5-9-17)18-10-6-3-7-11-18/h2-15,20H,1H3. The number of halogens is 2. The lowest BCUT2D eigenvalue weighted by Gasteiger charge is -2.35. The summed E-state index contributed by atoms with van der Waals surface area (Å²) in [6.07, 6.45) is 0. The first-order chi connectivity index (χ1) is 11.7. The summed E-state index contributed by atoms with van der Waals surface area (Å²) in [6.45, 7) is 0. The minimum atomic E-state index is -2.26. The van der Waals surface area contributed by atoms with Gasteiger partial charge in [-0.1, -0.05) is 105 Å². The lowest BCUT2D eigenvalue weighted by molar-refractivity contribution is 0.415. The van der Waals surface area contributed by atoms with Gasteiger partial charge in [0.2, 0.25) is 0 Å². The Morgan fingerprint density at radius 1 is 0.667 bits per heavy atom. The van der Waals surface area contributed by atoms with E-state index in [4.69, 9.17) is 4.74 Å². The molecule has 0 spiro atoms. The van der Waals surface area contributed by atoms with Crippen molar-refractivity contribution in [1.29, 1.82) is 0 Å². The predicted molar refractivity (Wildman–Crippen MR) is 112 cm³/mol. The first-order valence-corrected chi connectivity index (χ1v) is 11.6. The van der Waals surface area contributed by atoms with E-state index in [0.29, 0.717) is 0 Å². The second-order valence-corrected chi connectivity index (χ2v) is 14.2. The van der Waals surface area contributed by atoms with Crippen molar-refractivity contribution in [2.75, 3.05) is 7.11 Å². The Balaban J connectivity index is 2.30. The number of ether oxygens (including phenoxy) is 1. The van der Waals surface area contributed by atoms with Gasteiger partial charge in [-0.2, -0.15) is 0 Å². The maximum atomic E-state index is 5.35. The highest BCUT2D eigenvalue weighted by atomic mass is 79.9. The van der Waals surface area contributed by atoms with Crippen molar-refractivity contribution in [2.45, 2.75) is 3.36 Å². The quantitative estimate of drug-likeness (QED) is 0.319. The zero-order chi connectivity index (χ0) is 17.0. The number of hydrogen-bond donors (Lipinski definition) is 0. The first kappa shape index (κ1) is 17.5. The van der Waals surface area contributed by atoms with Crippen LogP contribution in [0.5, 0.6) is 5.75 Å². The number of rotatable bonds is 5. The van der Waals surface area contributed by atoms with Crippen LogP contribution < -0.4 is 20.3 Å². The monoisotopic (exact) mass is 460 g/mol. The van der Waals surface area contributed by atoms with Crippen LogP contribution in [0.15, 0.2) is 84.9 Å². The lowest BCUT2D eigenvalue weighted by Crippen LogP contribution is -2.71. The van der Waals surface area contributed by atoms with Crippen molar-refractivity contribution in [3.63, 3.8) is 0 Å². The van der Waals surface area contributed by atoms with E-state index < -0.39 is 8.07 Å². The minimum Gasteiger partial charge on any atom is -0.497 e. The molecule has 0 atom stereocenters. The van der Waals surface area contributed by atoms with E-state index in [9.17, 15) is 0 Å². The van der Waals surface area contributed by atoms with Gasteiger partial charge in [-0.15, -0.1) is 0 Å². The summed E-state index contributed by atoms with van der Waals surface area (Å²) < 4.78 is 5.51. The topological polar surface area (TPSA) is 9.23 Å². The average molecular weight is 462 g/mol. The van der Waals surface area contributed by atoms with Gasteiger partial charge in [0.05, 0.1) is 10.5 Å².